The minimum absolute atomic E-state index is 0.0736. The van der Waals surface area contributed by atoms with E-state index in [0.29, 0.717) is 29.1 Å². The highest BCUT2D eigenvalue weighted by atomic mass is 19.4. The third-order valence-corrected chi connectivity index (χ3v) is 6.16. The molecule has 1 unspecified atom stereocenters. The molecule has 1 saturated heterocycles. The second kappa shape index (κ2) is 8.68. The molecule has 1 aromatic heterocycles. The first-order chi connectivity index (χ1) is 16.7. The van der Waals surface area contributed by atoms with Gasteiger partial charge in [0.25, 0.3) is 5.91 Å². The van der Waals surface area contributed by atoms with Gasteiger partial charge in [-0.05, 0) is 67.3 Å². The van der Waals surface area contributed by atoms with E-state index in [9.17, 15) is 27.6 Å². The van der Waals surface area contributed by atoms with E-state index in [1.165, 1.54) is 4.68 Å². The molecular formula is C25H21F3N4O3. The number of halogens is 3. The van der Waals surface area contributed by atoms with Gasteiger partial charge in [0, 0.05) is 29.3 Å². The lowest BCUT2D eigenvalue weighted by Crippen LogP contribution is -2.22. The summed E-state index contributed by atoms with van der Waals surface area (Å²) in [5.74, 6) is -1.24. The molecule has 1 aliphatic carbocycles. The van der Waals surface area contributed by atoms with Crippen LogP contribution in [0.4, 0.5) is 18.9 Å². The maximum atomic E-state index is 13.2. The van der Waals surface area contributed by atoms with Crippen molar-refractivity contribution in [2.45, 2.75) is 37.8 Å². The molecule has 2 aliphatic rings. The van der Waals surface area contributed by atoms with Crippen molar-refractivity contribution in [1.29, 1.82) is 0 Å². The Morgan fingerprint density at radius 2 is 1.74 bits per heavy atom. The minimum Gasteiger partial charge on any atom is -0.322 e. The molecule has 2 aromatic carbocycles. The fourth-order valence-corrected chi connectivity index (χ4v) is 4.15. The average Bonchev–Trinajstić information content (AvgIpc) is 3.47. The molecule has 2 fully saturated rings. The van der Waals surface area contributed by atoms with Crippen LogP contribution in [-0.4, -0.2) is 27.5 Å². The van der Waals surface area contributed by atoms with Crippen LogP contribution in [0.2, 0.25) is 0 Å². The second-order valence-corrected chi connectivity index (χ2v) is 8.85. The number of imide groups is 1. The van der Waals surface area contributed by atoms with E-state index < -0.39 is 17.8 Å². The predicted molar refractivity (Wildman–Crippen MR) is 120 cm³/mol. The Hall–Kier alpha value is -3.95. The number of benzene rings is 2. The highest BCUT2D eigenvalue weighted by Crippen LogP contribution is 2.43. The van der Waals surface area contributed by atoms with Crippen LogP contribution in [0.3, 0.4) is 0 Å². The zero-order valence-electron chi connectivity index (χ0n) is 18.4. The van der Waals surface area contributed by atoms with Gasteiger partial charge < -0.3 is 5.32 Å². The molecule has 0 spiro atoms. The number of hydrogen-bond donors (Lipinski definition) is 2. The first kappa shape index (κ1) is 22.8. The third kappa shape index (κ3) is 4.96. The molecule has 1 aliphatic heterocycles. The number of alkyl halides is 3. The van der Waals surface area contributed by atoms with Crippen LogP contribution < -0.4 is 10.6 Å². The Balaban J connectivity index is 1.25. The Labute approximate surface area is 198 Å². The molecule has 2 N–H and O–H groups in total. The highest BCUT2D eigenvalue weighted by Gasteiger charge is 2.38. The largest absolute Gasteiger partial charge is 0.435 e. The topological polar surface area (TPSA) is 93.1 Å². The van der Waals surface area contributed by atoms with Crippen LogP contribution >= 0.6 is 0 Å². The van der Waals surface area contributed by atoms with Gasteiger partial charge in [-0.15, -0.1) is 0 Å². The van der Waals surface area contributed by atoms with E-state index in [1.807, 2.05) is 0 Å². The van der Waals surface area contributed by atoms with E-state index in [0.717, 1.165) is 24.5 Å². The van der Waals surface area contributed by atoms with Crippen molar-refractivity contribution in [2.24, 2.45) is 5.92 Å². The molecule has 180 valence electrons. The summed E-state index contributed by atoms with van der Waals surface area (Å²) in [6.07, 6.45) is -2.27. The summed E-state index contributed by atoms with van der Waals surface area (Å²) in [5, 5.41) is 8.81. The van der Waals surface area contributed by atoms with Gasteiger partial charge in [-0.3, -0.25) is 19.7 Å². The van der Waals surface area contributed by atoms with E-state index >= 15 is 0 Å². The molecule has 10 heteroatoms. The standard InChI is InChI=1S/C25H21F3N4O3/c26-25(27,28)21-13-20(15-5-6-15)32(31-21)19-9-7-18(8-10-19)29-23(34)16-3-1-14(2-4-16)11-17-12-22(33)30-24(17)35/h1-4,7-10,13,15,17H,5-6,11-12H2,(H,29,34)(H,30,33,35). The molecule has 35 heavy (non-hydrogen) atoms. The monoisotopic (exact) mass is 482 g/mol. The molecule has 5 rings (SSSR count). The van der Waals surface area contributed by atoms with Crippen molar-refractivity contribution in [3.63, 3.8) is 0 Å². The lowest BCUT2D eigenvalue weighted by molar-refractivity contribution is -0.141. The number of carbonyl (C=O) groups is 3. The van der Waals surface area contributed by atoms with Gasteiger partial charge in [-0.25, -0.2) is 4.68 Å². The van der Waals surface area contributed by atoms with Crippen LogP contribution in [-0.2, 0) is 22.2 Å². The predicted octanol–water partition coefficient (Wildman–Crippen LogP) is 4.23. The summed E-state index contributed by atoms with van der Waals surface area (Å²) in [4.78, 5) is 35.7. The Bertz CT molecular complexity index is 1290. The van der Waals surface area contributed by atoms with Crippen LogP contribution in [0.1, 0.15) is 52.5 Å². The number of nitrogens with one attached hydrogen (secondary N) is 2. The van der Waals surface area contributed by atoms with Crippen LogP contribution in [0.25, 0.3) is 5.69 Å². The Morgan fingerprint density at radius 1 is 1.06 bits per heavy atom. The van der Waals surface area contributed by atoms with Crippen molar-refractivity contribution < 1.29 is 27.6 Å². The quantitative estimate of drug-likeness (QED) is 0.515. The van der Waals surface area contributed by atoms with Crippen molar-refractivity contribution >= 4 is 23.4 Å². The number of amides is 3. The Morgan fingerprint density at radius 3 is 2.31 bits per heavy atom. The number of nitrogens with zero attached hydrogens (tertiary/aromatic N) is 2. The maximum Gasteiger partial charge on any atom is 0.435 e. The molecular weight excluding hydrogens is 461 g/mol. The summed E-state index contributed by atoms with van der Waals surface area (Å²) in [7, 11) is 0. The van der Waals surface area contributed by atoms with Gasteiger partial charge in [0.15, 0.2) is 5.69 Å². The first-order valence-electron chi connectivity index (χ1n) is 11.2. The van der Waals surface area contributed by atoms with Gasteiger partial charge in [0.1, 0.15) is 0 Å². The maximum absolute atomic E-state index is 13.2. The molecule has 0 radical (unpaired) electrons. The summed E-state index contributed by atoms with van der Waals surface area (Å²) in [6.45, 7) is 0. The number of anilines is 1. The molecule has 3 aromatic rings. The first-order valence-corrected chi connectivity index (χ1v) is 11.2. The summed E-state index contributed by atoms with van der Waals surface area (Å²) in [5.41, 5.74) is 1.83. The van der Waals surface area contributed by atoms with Gasteiger partial charge in [-0.1, -0.05) is 12.1 Å². The third-order valence-electron chi connectivity index (χ3n) is 6.16. The number of rotatable bonds is 6. The molecule has 7 nitrogen and oxygen atoms in total. The number of aromatic nitrogens is 2. The number of hydrogen-bond acceptors (Lipinski definition) is 4. The van der Waals surface area contributed by atoms with Crippen LogP contribution in [0, 0.1) is 5.92 Å². The van der Waals surface area contributed by atoms with Gasteiger partial charge in [-0.2, -0.15) is 18.3 Å². The zero-order valence-corrected chi connectivity index (χ0v) is 18.4. The van der Waals surface area contributed by atoms with E-state index in [1.54, 1.807) is 48.5 Å². The van der Waals surface area contributed by atoms with Crippen LogP contribution in [0.15, 0.2) is 54.6 Å². The summed E-state index contributed by atoms with van der Waals surface area (Å²) >= 11 is 0. The minimum atomic E-state index is -4.51. The zero-order chi connectivity index (χ0) is 24.7. The van der Waals surface area contributed by atoms with Gasteiger partial charge >= 0.3 is 6.18 Å². The van der Waals surface area contributed by atoms with Crippen molar-refractivity contribution in [3.8, 4) is 5.69 Å². The molecule has 3 amide bonds. The van der Waals surface area contributed by atoms with Crippen molar-refractivity contribution in [1.82, 2.24) is 15.1 Å². The highest BCUT2D eigenvalue weighted by molar-refractivity contribution is 6.04. The fraction of sp³-hybridized carbons (Fsp3) is 0.280. The number of carbonyl (C=O) groups excluding carboxylic acids is 3. The SMILES string of the molecule is O=C1CC(Cc2ccc(C(=O)Nc3ccc(-n4nc(C(F)(F)F)cc4C4CC4)cc3)cc2)C(=O)N1. The van der Waals surface area contributed by atoms with Gasteiger partial charge in [0.2, 0.25) is 11.8 Å². The van der Waals surface area contributed by atoms with Crippen LogP contribution in [0.5, 0.6) is 0 Å². The lowest BCUT2D eigenvalue weighted by atomic mass is 9.97. The lowest BCUT2D eigenvalue weighted by Gasteiger charge is -2.10. The smallest absolute Gasteiger partial charge is 0.322 e. The molecule has 2 heterocycles. The second-order valence-electron chi connectivity index (χ2n) is 8.85. The molecule has 1 atom stereocenters. The molecule has 0 bridgehead atoms. The van der Waals surface area contributed by atoms with E-state index in [2.05, 4.69) is 15.7 Å². The fourth-order valence-electron chi connectivity index (χ4n) is 4.15. The average molecular weight is 482 g/mol. The van der Waals surface area contributed by atoms with Crippen molar-refractivity contribution in [2.75, 3.05) is 5.32 Å². The normalized spacial score (nSPS) is 18.0. The van der Waals surface area contributed by atoms with E-state index in [4.69, 9.17) is 0 Å². The van der Waals surface area contributed by atoms with Gasteiger partial charge in [0.05, 0.1) is 11.6 Å². The van der Waals surface area contributed by atoms with E-state index in [-0.39, 0.29) is 30.1 Å². The summed E-state index contributed by atoms with van der Waals surface area (Å²) in [6, 6.07) is 14.3. The van der Waals surface area contributed by atoms with Crippen molar-refractivity contribution in [3.05, 3.63) is 77.1 Å². The molecule has 1 saturated carbocycles. The summed E-state index contributed by atoms with van der Waals surface area (Å²) < 4.78 is 40.8. The Kier molecular flexibility index (Phi) is 5.66.